The predicted molar refractivity (Wildman–Crippen MR) is 79.0 cm³/mol. The lowest BCUT2D eigenvalue weighted by Crippen LogP contribution is -2.12. The lowest BCUT2D eigenvalue weighted by molar-refractivity contribution is 0.681. The molecule has 18 heavy (non-hydrogen) atoms. The Labute approximate surface area is 113 Å². The Balaban J connectivity index is 2.19. The van der Waals surface area contributed by atoms with E-state index in [0.29, 0.717) is 0 Å². The van der Waals surface area contributed by atoms with Crippen LogP contribution < -0.4 is 5.32 Å². The molecule has 0 atom stereocenters. The van der Waals surface area contributed by atoms with Gasteiger partial charge in [-0.25, -0.2) is 4.98 Å². The van der Waals surface area contributed by atoms with E-state index in [0.717, 1.165) is 18.1 Å². The van der Waals surface area contributed by atoms with Crippen molar-refractivity contribution in [3.8, 4) is 10.6 Å². The summed E-state index contributed by atoms with van der Waals surface area (Å²) in [5, 5.41) is 4.55. The highest BCUT2D eigenvalue weighted by molar-refractivity contribution is 7.15. The van der Waals surface area contributed by atoms with Gasteiger partial charge in [0.15, 0.2) is 0 Å². The highest BCUT2D eigenvalue weighted by atomic mass is 32.1. The lowest BCUT2D eigenvalue weighted by atomic mass is 10.0. The van der Waals surface area contributed by atoms with Crippen LogP contribution in [0.5, 0.6) is 0 Å². The summed E-state index contributed by atoms with van der Waals surface area (Å²) < 4.78 is 0. The van der Waals surface area contributed by atoms with Crippen molar-refractivity contribution >= 4 is 11.3 Å². The summed E-state index contributed by atoms with van der Waals surface area (Å²) in [7, 11) is 0. The van der Waals surface area contributed by atoms with Crippen LogP contribution in [0.15, 0.2) is 24.4 Å². The van der Waals surface area contributed by atoms with Crippen LogP contribution in [0, 0.1) is 13.8 Å². The molecule has 2 nitrogen and oxygen atoms in total. The van der Waals surface area contributed by atoms with E-state index in [-0.39, 0.29) is 0 Å². The van der Waals surface area contributed by atoms with Crippen molar-refractivity contribution in [3.63, 3.8) is 0 Å². The average Bonchev–Trinajstić information content (AvgIpc) is 2.78. The molecule has 0 amide bonds. The van der Waals surface area contributed by atoms with Crippen LogP contribution in [0.3, 0.4) is 0 Å². The van der Waals surface area contributed by atoms with Gasteiger partial charge in [-0.15, -0.1) is 11.3 Å². The summed E-state index contributed by atoms with van der Waals surface area (Å²) in [4.78, 5) is 5.87. The van der Waals surface area contributed by atoms with Crippen LogP contribution >= 0.6 is 11.3 Å². The zero-order valence-corrected chi connectivity index (χ0v) is 12.1. The highest BCUT2D eigenvalue weighted by Crippen LogP contribution is 2.30. The maximum absolute atomic E-state index is 4.57. The molecular formula is C15H20N2S. The second kappa shape index (κ2) is 6.12. The summed E-state index contributed by atoms with van der Waals surface area (Å²) in [6.45, 7) is 8.48. The summed E-state index contributed by atoms with van der Waals surface area (Å²) in [5.41, 5.74) is 3.90. The van der Waals surface area contributed by atoms with Crippen molar-refractivity contribution < 1.29 is 0 Å². The first-order valence-electron chi connectivity index (χ1n) is 6.44. The number of hydrogen-bond acceptors (Lipinski definition) is 3. The van der Waals surface area contributed by atoms with Crippen molar-refractivity contribution in [1.82, 2.24) is 10.3 Å². The van der Waals surface area contributed by atoms with Gasteiger partial charge in [-0.3, -0.25) is 0 Å². The second-order valence-corrected chi connectivity index (χ2v) is 5.69. The molecule has 1 aromatic heterocycles. The van der Waals surface area contributed by atoms with E-state index in [1.807, 2.05) is 6.20 Å². The Morgan fingerprint density at radius 1 is 1.22 bits per heavy atom. The first-order chi connectivity index (χ1) is 8.72. The molecule has 0 aliphatic heterocycles. The van der Waals surface area contributed by atoms with Gasteiger partial charge in [-0.1, -0.05) is 25.1 Å². The number of nitrogens with one attached hydrogen (secondary N) is 1. The monoisotopic (exact) mass is 260 g/mol. The Morgan fingerprint density at radius 2 is 1.94 bits per heavy atom. The molecule has 1 aromatic carbocycles. The molecule has 2 rings (SSSR count). The molecule has 0 fully saturated rings. The number of benzene rings is 1. The van der Waals surface area contributed by atoms with Crippen LogP contribution in [-0.2, 0) is 6.54 Å². The Bertz CT molecular complexity index is 497. The molecule has 2 aromatic rings. The van der Waals surface area contributed by atoms with Gasteiger partial charge in [-0.05, 0) is 37.9 Å². The SMILES string of the molecule is CCCNCc1cnc(-c2c(C)cccc2C)s1. The molecule has 0 saturated carbocycles. The molecule has 0 radical (unpaired) electrons. The molecule has 1 heterocycles. The van der Waals surface area contributed by atoms with Crippen molar-refractivity contribution in [2.24, 2.45) is 0 Å². The van der Waals surface area contributed by atoms with Gasteiger partial charge < -0.3 is 5.32 Å². The molecule has 0 bridgehead atoms. The third kappa shape index (κ3) is 2.98. The van der Waals surface area contributed by atoms with Crippen molar-refractivity contribution in [1.29, 1.82) is 0 Å². The smallest absolute Gasteiger partial charge is 0.124 e. The Morgan fingerprint density at radius 3 is 2.61 bits per heavy atom. The van der Waals surface area contributed by atoms with Gasteiger partial charge in [0.2, 0.25) is 0 Å². The van der Waals surface area contributed by atoms with Crippen LogP contribution in [0.4, 0.5) is 0 Å². The fourth-order valence-corrected chi connectivity index (χ4v) is 3.10. The maximum atomic E-state index is 4.57. The second-order valence-electron chi connectivity index (χ2n) is 4.58. The Hall–Kier alpha value is -1.19. The number of rotatable bonds is 5. The van der Waals surface area contributed by atoms with Gasteiger partial charge in [-0.2, -0.15) is 0 Å². The first-order valence-corrected chi connectivity index (χ1v) is 7.26. The van der Waals surface area contributed by atoms with Crippen molar-refractivity contribution in [2.75, 3.05) is 6.54 Å². The van der Waals surface area contributed by atoms with E-state index >= 15 is 0 Å². The fraction of sp³-hybridized carbons (Fsp3) is 0.400. The van der Waals surface area contributed by atoms with Gasteiger partial charge in [0.05, 0.1) is 0 Å². The minimum absolute atomic E-state index is 0.927. The summed E-state index contributed by atoms with van der Waals surface area (Å²) in [6.07, 6.45) is 3.16. The average molecular weight is 260 g/mol. The zero-order valence-electron chi connectivity index (χ0n) is 11.3. The largest absolute Gasteiger partial charge is 0.312 e. The number of nitrogens with zero attached hydrogens (tertiary/aromatic N) is 1. The molecule has 0 unspecified atom stereocenters. The molecule has 1 N–H and O–H groups in total. The molecular weight excluding hydrogens is 240 g/mol. The summed E-state index contributed by atoms with van der Waals surface area (Å²) >= 11 is 1.79. The van der Waals surface area contributed by atoms with Crippen molar-refractivity contribution in [3.05, 3.63) is 40.4 Å². The normalized spacial score (nSPS) is 10.8. The third-order valence-electron chi connectivity index (χ3n) is 2.97. The minimum Gasteiger partial charge on any atom is -0.312 e. The zero-order chi connectivity index (χ0) is 13.0. The van der Waals surface area contributed by atoms with E-state index in [1.54, 1.807) is 11.3 Å². The maximum Gasteiger partial charge on any atom is 0.124 e. The van der Waals surface area contributed by atoms with Gasteiger partial charge in [0, 0.05) is 23.2 Å². The number of aryl methyl sites for hydroxylation is 2. The van der Waals surface area contributed by atoms with E-state index in [4.69, 9.17) is 0 Å². The van der Waals surface area contributed by atoms with E-state index in [2.05, 4.69) is 49.3 Å². The predicted octanol–water partition coefficient (Wildman–Crippen LogP) is 3.93. The van der Waals surface area contributed by atoms with Gasteiger partial charge in [0.25, 0.3) is 0 Å². The number of aromatic nitrogens is 1. The standard InChI is InChI=1S/C15H20N2S/c1-4-8-16-9-13-10-17-15(18-13)14-11(2)6-5-7-12(14)3/h5-7,10,16H,4,8-9H2,1-3H3. The highest BCUT2D eigenvalue weighted by Gasteiger charge is 2.09. The fourth-order valence-electron chi connectivity index (χ4n) is 2.04. The molecule has 3 heteroatoms. The minimum atomic E-state index is 0.927. The Kier molecular flexibility index (Phi) is 4.50. The van der Waals surface area contributed by atoms with Crippen LogP contribution in [0.1, 0.15) is 29.3 Å². The summed E-state index contributed by atoms with van der Waals surface area (Å²) in [5.74, 6) is 0. The number of thiazole rings is 1. The van der Waals surface area contributed by atoms with Crippen LogP contribution in [-0.4, -0.2) is 11.5 Å². The molecule has 0 spiro atoms. The van der Waals surface area contributed by atoms with Crippen molar-refractivity contribution in [2.45, 2.75) is 33.7 Å². The van der Waals surface area contributed by atoms with E-state index in [1.165, 1.54) is 28.0 Å². The van der Waals surface area contributed by atoms with Gasteiger partial charge >= 0.3 is 0 Å². The van der Waals surface area contributed by atoms with Crippen LogP contribution in [0.2, 0.25) is 0 Å². The third-order valence-corrected chi connectivity index (χ3v) is 3.99. The molecule has 0 aliphatic rings. The van der Waals surface area contributed by atoms with E-state index in [9.17, 15) is 0 Å². The molecule has 0 aliphatic carbocycles. The molecule has 96 valence electrons. The van der Waals surface area contributed by atoms with E-state index < -0.39 is 0 Å². The summed E-state index contributed by atoms with van der Waals surface area (Å²) in [6, 6.07) is 6.41. The first kappa shape index (κ1) is 13.2. The quantitative estimate of drug-likeness (QED) is 0.824. The number of hydrogen-bond donors (Lipinski definition) is 1. The lowest BCUT2D eigenvalue weighted by Gasteiger charge is -2.05. The van der Waals surface area contributed by atoms with Crippen LogP contribution in [0.25, 0.3) is 10.6 Å². The molecule has 0 saturated heterocycles. The van der Waals surface area contributed by atoms with Gasteiger partial charge in [0.1, 0.15) is 5.01 Å². The topological polar surface area (TPSA) is 24.9 Å².